The number of fused-ring (bicyclic) bond motifs is 5. The van der Waals surface area contributed by atoms with Gasteiger partial charge in [0.05, 0.1) is 31.6 Å². The molecule has 7 heteroatoms. The number of imide groups is 1. The number of alkyl halides is 2. The van der Waals surface area contributed by atoms with E-state index in [2.05, 4.69) is 5.32 Å². The van der Waals surface area contributed by atoms with Gasteiger partial charge < -0.3 is 0 Å². The summed E-state index contributed by atoms with van der Waals surface area (Å²) in [7, 11) is 0. The van der Waals surface area contributed by atoms with E-state index < -0.39 is 33.4 Å². The second-order valence-corrected chi connectivity index (χ2v) is 6.44. The zero-order valence-corrected chi connectivity index (χ0v) is 10.7. The number of hydrogen-bond acceptors (Lipinski definition) is 2. The molecule has 2 amide bonds. The van der Waals surface area contributed by atoms with E-state index in [0.717, 1.165) is 0 Å². The van der Waals surface area contributed by atoms with Gasteiger partial charge in [0.2, 0.25) is 11.8 Å². The molecule has 16 heavy (non-hydrogen) atoms. The number of rotatable bonds is 0. The fraction of sp³-hybridized carbons (Fsp3) is 0.556. The average molecular weight is 301 g/mol. The van der Waals surface area contributed by atoms with Crippen molar-refractivity contribution in [2.45, 2.75) is 16.2 Å². The molecule has 3 nitrogen and oxygen atoms in total. The highest BCUT2D eigenvalue weighted by atomic mass is 35.5. The first-order chi connectivity index (χ1) is 7.32. The summed E-state index contributed by atoms with van der Waals surface area (Å²) >= 11 is 24.7. The predicted molar refractivity (Wildman–Crippen MR) is 60.6 cm³/mol. The maximum atomic E-state index is 11.7. The van der Waals surface area contributed by atoms with Gasteiger partial charge in [0.25, 0.3) is 0 Å². The lowest BCUT2D eigenvalue weighted by Crippen LogP contribution is -2.38. The van der Waals surface area contributed by atoms with Crippen LogP contribution in [0.5, 0.6) is 0 Å². The minimum absolute atomic E-state index is 0.192. The SMILES string of the molecule is O=C1NC(=O)C2C1C1(Cl)CC2(Cl)C(Cl)=C1Cl. The van der Waals surface area contributed by atoms with Crippen molar-refractivity contribution in [3.8, 4) is 0 Å². The van der Waals surface area contributed by atoms with Crippen LogP contribution in [0.25, 0.3) is 0 Å². The van der Waals surface area contributed by atoms with Crippen LogP contribution in [0, 0.1) is 11.8 Å². The van der Waals surface area contributed by atoms with Gasteiger partial charge in [-0.3, -0.25) is 14.9 Å². The van der Waals surface area contributed by atoms with Crippen molar-refractivity contribution in [2.24, 2.45) is 11.8 Å². The van der Waals surface area contributed by atoms with Crippen molar-refractivity contribution in [2.75, 3.05) is 0 Å². The number of nitrogens with one attached hydrogen (secondary N) is 1. The summed E-state index contributed by atoms with van der Waals surface area (Å²) in [5, 5.41) is 2.60. The molecule has 0 aromatic carbocycles. The number of carbonyl (C=O) groups excluding carboxylic acids is 2. The summed E-state index contributed by atoms with van der Waals surface area (Å²) in [5.41, 5.74) is 0. The number of hydrogen-bond donors (Lipinski definition) is 1. The highest BCUT2D eigenvalue weighted by molar-refractivity contribution is 6.52. The van der Waals surface area contributed by atoms with Gasteiger partial charge in [-0.15, -0.1) is 23.2 Å². The number of allylic oxidation sites excluding steroid dienone is 2. The molecule has 0 spiro atoms. The smallest absolute Gasteiger partial charge is 0.232 e. The highest BCUT2D eigenvalue weighted by Crippen LogP contribution is 2.68. The quantitative estimate of drug-likeness (QED) is 0.549. The van der Waals surface area contributed by atoms with Gasteiger partial charge >= 0.3 is 0 Å². The maximum absolute atomic E-state index is 11.7. The Kier molecular flexibility index (Phi) is 2.01. The molecule has 1 heterocycles. The lowest BCUT2D eigenvalue weighted by molar-refractivity contribution is -0.126. The molecular formula is C9H5Cl4NO2. The summed E-state index contributed by atoms with van der Waals surface area (Å²) in [6.45, 7) is 0. The van der Waals surface area contributed by atoms with Gasteiger partial charge in [-0.05, 0) is 6.42 Å². The van der Waals surface area contributed by atoms with Crippen LogP contribution in [0.2, 0.25) is 0 Å². The first-order valence-electron chi connectivity index (χ1n) is 4.61. The fourth-order valence-electron chi connectivity index (χ4n) is 2.91. The van der Waals surface area contributed by atoms with Gasteiger partial charge in [-0.2, -0.15) is 0 Å². The van der Waals surface area contributed by atoms with Crippen LogP contribution in [-0.4, -0.2) is 21.6 Å². The summed E-state index contributed by atoms with van der Waals surface area (Å²) in [6.07, 6.45) is 0.218. The Bertz CT molecular complexity index is 436. The molecule has 0 aromatic heterocycles. The zero-order chi connectivity index (χ0) is 11.9. The van der Waals surface area contributed by atoms with Crippen LogP contribution in [0.4, 0.5) is 0 Å². The maximum Gasteiger partial charge on any atom is 0.232 e. The van der Waals surface area contributed by atoms with Crippen molar-refractivity contribution in [3.05, 3.63) is 10.1 Å². The fourth-order valence-corrected chi connectivity index (χ4v) is 4.84. The largest absolute Gasteiger partial charge is 0.296 e. The van der Waals surface area contributed by atoms with Crippen molar-refractivity contribution in [3.63, 3.8) is 0 Å². The topological polar surface area (TPSA) is 46.2 Å². The molecule has 0 radical (unpaired) electrons. The molecule has 2 bridgehead atoms. The highest BCUT2D eigenvalue weighted by Gasteiger charge is 2.74. The molecule has 1 saturated carbocycles. The lowest BCUT2D eigenvalue weighted by Gasteiger charge is -2.29. The molecule has 3 aliphatic rings. The molecule has 0 aromatic rings. The standard InChI is InChI=1S/C9H5Cl4NO2/c10-4-5(11)9(13)1-8(4,12)2-3(9)7(16)14-6(2)15/h2-3H,1H2,(H,14,15,16). The van der Waals surface area contributed by atoms with Gasteiger partial charge in [-0.25, -0.2) is 0 Å². The Morgan fingerprint density at radius 2 is 1.38 bits per heavy atom. The van der Waals surface area contributed by atoms with E-state index in [-0.39, 0.29) is 16.5 Å². The van der Waals surface area contributed by atoms with Crippen LogP contribution < -0.4 is 5.32 Å². The molecule has 4 atom stereocenters. The Morgan fingerprint density at radius 3 is 1.75 bits per heavy atom. The van der Waals surface area contributed by atoms with Gasteiger partial charge in [-0.1, -0.05) is 23.2 Å². The van der Waals surface area contributed by atoms with Crippen molar-refractivity contribution in [1.82, 2.24) is 5.32 Å². The molecule has 1 saturated heterocycles. The second kappa shape index (κ2) is 2.89. The third-order valence-corrected chi connectivity index (χ3v) is 6.03. The van der Waals surface area contributed by atoms with E-state index in [9.17, 15) is 9.59 Å². The van der Waals surface area contributed by atoms with Crippen LogP contribution >= 0.6 is 46.4 Å². The van der Waals surface area contributed by atoms with Gasteiger partial charge in [0.1, 0.15) is 0 Å². The van der Waals surface area contributed by atoms with Crippen molar-refractivity contribution < 1.29 is 9.59 Å². The van der Waals surface area contributed by atoms with Gasteiger partial charge in [0.15, 0.2) is 0 Å². The molecule has 86 valence electrons. The first kappa shape index (κ1) is 11.1. The number of halogens is 4. The molecule has 3 rings (SSSR count). The van der Waals surface area contributed by atoms with Crippen molar-refractivity contribution in [1.29, 1.82) is 0 Å². The zero-order valence-electron chi connectivity index (χ0n) is 7.69. The minimum Gasteiger partial charge on any atom is -0.296 e. The Morgan fingerprint density at radius 1 is 1.00 bits per heavy atom. The normalized spacial score (nSPS) is 50.0. The van der Waals surface area contributed by atoms with E-state index in [1.165, 1.54) is 0 Å². The average Bonchev–Trinajstić information content (AvgIpc) is 2.68. The molecule has 4 unspecified atom stereocenters. The Hall–Kier alpha value is 0.0400. The molecule has 1 aliphatic heterocycles. The van der Waals surface area contributed by atoms with Crippen molar-refractivity contribution >= 4 is 58.2 Å². The van der Waals surface area contributed by atoms with Crippen LogP contribution in [0.15, 0.2) is 10.1 Å². The van der Waals surface area contributed by atoms with Gasteiger partial charge in [0, 0.05) is 0 Å². The summed E-state index contributed by atoms with van der Waals surface area (Å²) < 4.78 is 0. The van der Waals surface area contributed by atoms with E-state index in [1.807, 2.05) is 0 Å². The Balaban J connectivity index is 2.25. The van der Waals surface area contributed by atoms with E-state index in [1.54, 1.807) is 0 Å². The summed E-state index contributed by atoms with van der Waals surface area (Å²) in [4.78, 5) is 21.1. The third kappa shape index (κ3) is 0.953. The van der Waals surface area contributed by atoms with E-state index in [4.69, 9.17) is 46.4 Å². The van der Waals surface area contributed by atoms with Crippen LogP contribution in [-0.2, 0) is 9.59 Å². The van der Waals surface area contributed by atoms with Crippen LogP contribution in [0.3, 0.4) is 0 Å². The molecule has 2 fully saturated rings. The number of carbonyl (C=O) groups is 2. The Labute approximate surface area is 111 Å². The van der Waals surface area contributed by atoms with E-state index >= 15 is 0 Å². The van der Waals surface area contributed by atoms with Crippen LogP contribution in [0.1, 0.15) is 6.42 Å². The summed E-state index contributed by atoms with van der Waals surface area (Å²) in [6, 6.07) is 0. The molecular weight excluding hydrogens is 296 g/mol. The molecule has 2 aliphatic carbocycles. The minimum atomic E-state index is -1.12. The monoisotopic (exact) mass is 299 g/mol. The summed E-state index contributed by atoms with van der Waals surface area (Å²) in [5.74, 6) is -2.27. The molecule has 1 N–H and O–H groups in total. The predicted octanol–water partition coefficient (Wildman–Crippen LogP) is 1.94. The second-order valence-electron chi connectivity index (χ2n) is 4.34. The lowest BCUT2D eigenvalue weighted by atomic mass is 9.84. The number of amides is 2. The van der Waals surface area contributed by atoms with E-state index in [0.29, 0.717) is 0 Å². The third-order valence-electron chi connectivity index (χ3n) is 3.57. The first-order valence-corrected chi connectivity index (χ1v) is 6.12.